The van der Waals surface area contributed by atoms with Gasteiger partial charge in [-0.1, -0.05) is 98.8 Å². The molecule has 0 bridgehead atoms. The van der Waals surface area contributed by atoms with Crippen molar-refractivity contribution in [3.63, 3.8) is 0 Å². The van der Waals surface area contributed by atoms with E-state index in [1.54, 1.807) is 12.1 Å². The predicted molar refractivity (Wildman–Crippen MR) is 162 cm³/mol. The maximum absolute atomic E-state index is 13.0. The number of esters is 2. The number of carbonyl (C=O) groups is 2. The van der Waals surface area contributed by atoms with Crippen LogP contribution in [0.1, 0.15) is 41.0 Å². The molecule has 0 aromatic heterocycles. The third-order valence-electron chi connectivity index (χ3n) is 7.92. The third-order valence-corrected chi connectivity index (χ3v) is 7.92. The molecule has 0 saturated heterocycles. The predicted octanol–water partition coefficient (Wildman–Crippen LogP) is 8.73. The second kappa shape index (κ2) is 10.5. The van der Waals surface area contributed by atoms with Crippen LogP contribution >= 0.6 is 0 Å². The quantitative estimate of drug-likeness (QED) is 0.154. The first-order valence-corrected chi connectivity index (χ1v) is 13.6. The summed E-state index contributed by atoms with van der Waals surface area (Å²) in [7, 11) is 0. The van der Waals surface area contributed by atoms with Gasteiger partial charge in [0.05, 0.1) is 11.1 Å². The summed E-state index contributed by atoms with van der Waals surface area (Å²) < 4.78 is 11.5. The molecule has 4 nitrogen and oxygen atoms in total. The number of ether oxygens (including phenoxy) is 2. The van der Waals surface area contributed by atoms with Crippen molar-refractivity contribution in [3.8, 4) is 0 Å². The Balaban J connectivity index is 1.15. The first-order chi connectivity index (χ1) is 19.4. The monoisotopic (exact) mass is 526 g/mol. The van der Waals surface area contributed by atoms with Crippen LogP contribution in [0.3, 0.4) is 0 Å². The average Bonchev–Trinajstić information content (AvgIpc) is 3.01. The van der Waals surface area contributed by atoms with Crippen molar-refractivity contribution in [2.24, 2.45) is 5.41 Å². The van der Waals surface area contributed by atoms with Crippen molar-refractivity contribution in [2.45, 2.75) is 20.3 Å². The van der Waals surface area contributed by atoms with E-state index in [9.17, 15) is 9.59 Å². The smallest absolute Gasteiger partial charge is 0.338 e. The molecule has 0 amide bonds. The molecule has 0 radical (unpaired) electrons. The number of rotatable bonds is 7. The zero-order chi connectivity index (χ0) is 27.7. The van der Waals surface area contributed by atoms with Gasteiger partial charge in [-0.25, -0.2) is 9.59 Å². The molecule has 6 aromatic rings. The van der Waals surface area contributed by atoms with Gasteiger partial charge in [-0.05, 0) is 73.8 Å². The van der Waals surface area contributed by atoms with Gasteiger partial charge in [0.25, 0.3) is 0 Å². The van der Waals surface area contributed by atoms with E-state index in [2.05, 4.69) is 48.5 Å². The lowest BCUT2D eigenvalue weighted by molar-refractivity contribution is -0.000608. The molecule has 0 spiro atoms. The largest absolute Gasteiger partial charge is 0.461 e. The Morgan fingerprint density at radius 3 is 1.35 bits per heavy atom. The summed E-state index contributed by atoms with van der Waals surface area (Å²) >= 11 is 0. The van der Waals surface area contributed by atoms with Crippen LogP contribution in [0.2, 0.25) is 0 Å². The number of hydrogen-bond acceptors (Lipinski definition) is 4. The van der Waals surface area contributed by atoms with Gasteiger partial charge in [0.15, 0.2) is 0 Å². The van der Waals surface area contributed by atoms with Crippen LogP contribution in [-0.4, -0.2) is 25.2 Å². The summed E-state index contributed by atoms with van der Waals surface area (Å²) in [6.45, 7) is 4.26. The Morgan fingerprint density at radius 2 is 0.925 bits per heavy atom. The molecule has 0 fully saturated rings. The van der Waals surface area contributed by atoms with Crippen LogP contribution in [-0.2, 0) is 9.47 Å². The first-order valence-electron chi connectivity index (χ1n) is 13.6. The van der Waals surface area contributed by atoms with Gasteiger partial charge in [-0.2, -0.15) is 0 Å². The zero-order valence-corrected chi connectivity index (χ0v) is 22.6. The lowest BCUT2D eigenvalue weighted by Crippen LogP contribution is -2.31. The van der Waals surface area contributed by atoms with Crippen molar-refractivity contribution < 1.29 is 19.1 Å². The van der Waals surface area contributed by atoms with Gasteiger partial charge in [0, 0.05) is 5.41 Å². The Bertz CT molecular complexity index is 1770. The molecule has 198 valence electrons. The number of carbonyl (C=O) groups excluding carboxylic acids is 2. The Labute approximate surface area is 233 Å². The van der Waals surface area contributed by atoms with Gasteiger partial charge in [-0.15, -0.1) is 0 Å². The van der Waals surface area contributed by atoms with E-state index in [1.165, 1.54) is 0 Å². The van der Waals surface area contributed by atoms with Crippen LogP contribution in [0.25, 0.3) is 43.1 Å². The Morgan fingerprint density at radius 1 is 0.550 bits per heavy atom. The average molecular weight is 527 g/mol. The van der Waals surface area contributed by atoms with Crippen molar-refractivity contribution in [1.29, 1.82) is 0 Å². The molecule has 0 aliphatic carbocycles. The second-order valence-corrected chi connectivity index (χ2v) is 10.8. The molecule has 4 heteroatoms. The van der Waals surface area contributed by atoms with Crippen molar-refractivity contribution in [2.75, 3.05) is 13.2 Å². The van der Waals surface area contributed by atoms with E-state index in [-0.39, 0.29) is 25.2 Å². The fourth-order valence-corrected chi connectivity index (χ4v) is 5.15. The summed E-state index contributed by atoms with van der Waals surface area (Å²) in [6, 6.07) is 35.9. The molecular weight excluding hydrogens is 496 g/mol. The molecule has 0 aliphatic rings. The molecule has 0 heterocycles. The minimum Gasteiger partial charge on any atom is -0.461 e. The standard InChI is InChI=1S/C36H30O4/c1-3-36(2,22-39-34(37)28-18-16-26-14-12-24-8-4-6-10-30(24)32(26)20-28)23-40-35(38)29-19-17-27-15-13-25-9-5-7-11-31(25)33(27)21-29/h4-21H,3,22-23H2,1-2H3. The molecule has 0 N–H and O–H groups in total. The summed E-state index contributed by atoms with van der Waals surface area (Å²) in [5.74, 6) is -0.774. The number of hydrogen-bond donors (Lipinski definition) is 0. The molecular formula is C36H30O4. The Hall–Kier alpha value is -4.70. The lowest BCUT2D eigenvalue weighted by atomic mass is 9.89. The van der Waals surface area contributed by atoms with Crippen LogP contribution in [0.5, 0.6) is 0 Å². The fraction of sp³-hybridized carbons (Fsp3) is 0.167. The minimum absolute atomic E-state index is 0.144. The van der Waals surface area contributed by atoms with Gasteiger partial charge < -0.3 is 9.47 Å². The Kier molecular flexibility index (Phi) is 6.69. The highest BCUT2D eigenvalue weighted by Gasteiger charge is 2.27. The van der Waals surface area contributed by atoms with E-state index in [0.717, 1.165) is 43.1 Å². The summed E-state index contributed by atoms with van der Waals surface area (Å²) in [6.07, 6.45) is 0.679. The first kappa shape index (κ1) is 25.6. The van der Waals surface area contributed by atoms with E-state index in [1.807, 2.05) is 62.4 Å². The molecule has 0 atom stereocenters. The normalized spacial score (nSPS) is 11.8. The van der Waals surface area contributed by atoms with E-state index < -0.39 is 5.41 Å². The van der Waals surface area contributed by atoms with Gasteiger partial charge in [0.2, 0.25) is 0 Å². The molecule has 0 unspecified atom stereocenters. The van der Waals surface area contributed by atoms with Crippen molar-refractivity contribution >= 4 is 55.0 Å². The van der Waals surface area contributed by atoms with E-state index in [0.29, 0.717) is 17.5 Å². The molecule has 6 aromatic carbocycles. The summed E-state index contributed by atoms with van der Waals surface area (Å²) in [5, 5.41) is 8.62. The highest BCUT2D eigenvalue weighted by atomic mass is 16.5. The molecule has 6 rings (SSSR count). The second-order valence-electron chi connectivity index (χ2n) is 10.8. The minimum atomic E-state index is -0.515. The highest BCUT2D eigenvalue weighted by molar-refractivity contribution is 6.10. The van der Waals surface area contributed by atoms with Crippen LogP contribution in [0.4, 0.5) is 0 Å². The zero-order valence-electron chi connectivity index (χ0n) is 22.6. The molecule has 40 heavy (non-hydrogen) atoms. The summed E-state index contributed by atoms with van der Waals surface area (Å²) in [5.41, 5.74) is 0.490. The van der Waals surface area contributed by atoms with Crippen molar-refractivity contribution in [1.82, 2.24) is 0 Å². The third kappa shape index (κ3) is 4.89. The number of benzene rings is 6. The van der Waals surface area contributed by atoms with Gasteiger partial charge >= 0.3 is 11.9 Å². The van der Waals surface area contributed by atoms with Crippen molar-refractivity contribution in [3.05, 3.63) is 120 Å². The van der Waals surface area contributed by atoms with E-state index >= 15 is 0 Å². The van der Waals surface area contributed by atoms with Crippen LogP contribution < -0.4 is 0 Å². The SMILES string of the molecule is CCC(C)(COC(=O)c1ccc2ccc3ccccc3c2c1)COC(=O)c1ccc2ccc3ccccc3c2c1. The number of fused-ring (bicyclic) bond motifs is 6. The summed E-state index contributed by atoms with van der Waals surface area (Å²) in [4.78, 5) is 26.1. The topological polar surface area (TPSA) is 52.6 Å². The molecule has 0 aliphatic heterocycles. The maximum atomic E-state index is 13.0. The fourth-order valence-electron chi connectivity index (χ4n) is 5.15. The highest BCUT2D eigenvalue weighted by Crippen LogP contribution is 2.29. The van der Waals surface area contributed by atoms with Gasteiger partial charge in [0.1, 0.15) is 13.2 Å². The van der Waals surface area contributed by atoms with Gasteiger partial charge in [-0.3, -0.25) is 0 Å². The molecule has 0 saturated carbocycles. The maximum Gasteiger partial charge on any atom is 0.338 e. The van der Waals surface area contributed by atoms with E-state index in [4.69, 9.17) is 9.47 Å². The van der Waals surface area contributed by atoms with Crippen LogP contribution in [0, 0.1) is 5.41 Å². The lowest BCUT2D eigenvalue weighted by Gasteiger charge is -2.27. The van der Waals surface area contributed by atoms with Crippen LogP contribution in [0.15, 0.2) is 109 Å².